The lowest BCUT2D eigenvalue weighted by Crippen LogP contribution is -2.60. The number of benzene rings is 2. The Labute approximate surface area is 229 Å². The van der Waals surface area contributed by atoms with Crippen molar-refractivity contribution in [2.24, 2.45) is 0 Å². The van der Waals surface area contributed by atoms with E-state index in [1.54, 1.807) is 30.3 Å². The molecule has 0 unspecified atom stereocenters. The second-order valence-electron chi connectivity index (χ2n) is 10.1. The van der Waals surface area contributed by atoms with Crippen molar-refractivity contribution in [3.05, 3.63) is 41.5 Å². The summed E-state index contributed by atoms with van der Waals surface area (Å²) in [6.45, 7) is 2.34. The molecule has 0 bridgehead atoms. The number of aliphatic hydroxyl groups excluding tert-OH is 8. The van der Waals surface area contributed by atoms with Gasteiger partial charge in [-0.2, -0.15) is 0 Å². The number of allylic oxidation sites excluding steroid dienone is 2. The summed E-state index contributed by atoms with van der Waals surface area (Å²) < 4.78 is 22.9. The van der Waals surface area contributed by atoms with Crippen molar-refractivity contribution in [3.63, 3.8) is 0 Å². The molecule has 13 nitrogen and oxygen atoms in total. The molecule has 0 saturated carbocycles. The van der Waals surface area contributed by atoms with Crippen molar-refractivity contribution in [2.75, 3.05) is 13.2 Å². The number of phenolic OH excluding ortho intramolecular Hbond substituents is 1. The van der Waals surface area contributed by atoms with Gasteiger partial charge in [-0.15, -0.1) is 0 Å². The van der Waals surface area contributed by atoms with Gasteiger partial charge in [0, 0.05) is 16.3 Å². The minimum absolute atomic E-state index is 0.0519. The largest absolute Gasteiger partial charge is 0.504 e. The zero-order valence-electron chi connectivity index (χ0n) is 21.9. The lowest BCUT2D eigenvalue weighted by molar-refractivity contribution is -0.277. The molecule has 9 N–H and O–H groups in total. The molecule has 10 atom stereocenters. The van der Waals surface area contributed by atoms with Crippen molar-refractivity contribution in [1.29, 1.82) is 0 Å². The predicted octanol–water partition coefficient (Wildman–Crippen LogP) is -1.59. The van der Waals surface area contributed by atoms with Crippen LogP contribution in [0.15, 0.2) is 35.9 Å². The van der Waals surface area contributed by atoms with Crippen LogP contribution in [0.2, 0.25) is 0 Å². The fourth-order valence-corrected chi connectivity index (χ4v) is 4.73. The van der Waals surface area contributed by atoms with Crippen LogP contribution in [0.1, 0.15) is 19.4 Å². The highest BCUT2D eigenvalue weighted by atomic mass is 16.7. The van der Waals surface area contributed by atoms with Gasteiger partial charge < -0.3 is 64.9 Å². The standard InChI is InChI=1S/C27H36O13/c1-11(2)7-8-14-17(30)25(40-27-23(36)21(34)19(32)16(10-29)38-27)13-6-4-3-5-12(13)24(14)39-26-22(35)20(33)18(31)15(9-28)37-26/h3-7,15-16,18-23,26-36H,8-10H2,1-2H3/t15-,16-,18-,19-,20+,21+,22-,23-,26+,27+/m1/s1. The van der Waals surface area contributed by atoms with Gasteiger partial charge in [-0.3, -0.25) is 0 Å². The molecule has 2 fully saturated rings. The van der Waals surface area contributed by atoms with E-state index >= 15 is 0 Å². The van der Waals surface area contributed by atoms with Gasteiger partial charge in [0.05, 0.1) is 13.2 Å². The van der Waals surface area contributed by atoms with E-state index in [1.165, 1.54) is 0 Å². The van der Waals surface area contributed by atoms with E-state index in [9.17, 15) is 46.0 Å². The molecule has 2 heterocycles. The quantitative estimate of drug-likeness (QED) is 0.164. The summed E-state index contributed by atoms with van der Waals surface area (Å²) >= 11 is 0. The molecule has 2 aromatic carbocycles. The monoisotopic (exact) mass is 568 g/mol. The number of phenols is 1. The topological polar surface area (TPSA) is 219 Å². The smallest absolute Gasteiger partial charge is 0.229 e. The van der Waals surface area contributed by atoms with Crippen LogP contribution < -0.4 is 9.47 Å². The Morgan fingerprint density at radius 2 is 1.18 bits per heavy atom. The van der Waals surface area contributed by atoms with Crippen molar-refractivity contribution >= 4 is 10.8 Å². The first-order valence-electron chi connectivity index (χ1n) is 12.8. The Morgan fingerprint density at radius 1 is 0.725 bits per heavy atom. The van der Waals surface area contributed by atoms with E-state index in [4.69, 9.17) is 18.9 Å². The van der Waals surface area contributed by atoms with Crippen molar-refractivity contribution in [3.8, 4) is 17.2 Å². The van der Waals surface area contributed by atoms with Gasteiger partial charge in [-0.1, -0.05) is 35.9 Å². The average Bonchev–Trinajstić information content (AvgIpc) is 2.94. The first-order chi connectivity index (χ1) is 19.0. The molecule has 0 aromatic heterocycles. The SMILES string of the molecule is CC(C)=CCc1c(O)c(O[C@@H]2O[C@H](CO)[C@@H](O)[C@H](O)[C@H]2O)c2ccccc2c1O[C@@H]1O[C@H](CO)[C@@H](O)[C@H](O)[C@H]1O. The van der Waals surface area contributed by atoms with E-state index in [-0.39, 0.29) is 28.9 Å². The zero-order chi connectivity index (χ0) is 29.3. The Kier molecular flexibility index (Phi) is 9.52. The summed E-state index contributed by atoms with van der Waals surface area (Å²) in [5.74, 6) is -0.540. The van der Waals surface area contributed by atoms with Gasteiger partial charge >= 0.3 is 0 Å². The molecular weight excluding hydrogens is 532 g/mol. The average molecular weight is 569 g/mol. The van der Waals surface area contributed by atoms with Crippen LogP contribution >= 0.6 is 0 Å². The number of fused-ring (bicyclic) bond motifs is 1. The summed E-state index contributed by atoms with van der Waals surface area (Å²) in [6, 6.07) is 6.50. The Hall–Kier alpha value is -2.56. The highest BCUT2D eigenvalue weighted by Gasteiger charge is 2.47. The Morgan fingerprint density at radius 3 is 1.62 bits per heavy atom. The normalized spacial score (nSPS) is 34.5. The first kappa shape index (κ1) is 30.4. The Balaban J connectivity index is 1.81. The third-order valence-electron chi connectivity index (χ3n) is 7.07. The van der Waals surface area contributed by atoms with Crippen LogP contribution in [0.25, 0.3) is 10.8 Å². The molecule has 2 aliphatic rings. The molecule has 0 aliphatic carbocycles. The lowest BCUT2D eigenvalue weighted by Gasteiger charge is -2.40. The van der Waals surface area contributed by atoms with Crippen LogP contribution in [-0.4, -0.2) is 121 Å². The predicted molar refractivity (Wildman–Crippen MR) is 138 cm³/mol. The van der Waals surface area contributed by atoms with Gasteiger partial charge in [-0.05, 0) is 20.3 Å². The summed E-state index contributed by atoms with van der Waals surface area (Å²) in [6.07, 6.45) is -13.7. The molecular formula is C27H36O13. The molecule has 13 heteroatoms. The molecule has 222 valence electrons. The highest BCUT2D eigenvalue weighted by Crippen LogP contribution is 2.47. The summed E-state index contributed by atoms with van der Waals surface area (Å²) in [5, 5.41) is 93.0. The molecule has 2 aliphatic heterocycles. The molecule has 2 saturated heterocycles. The number of rotatable bonds is 8. The number of ether oxygens (including phenoxy) is 4. The van der Waals surface area contributed by atoms with Gasteiger partial charge in [0.2, 0.25) is 12.6 Å². The van der Waals surface area contributed by atoms with E-state index in [1.807, 2.05) is 13.8 Å². The molecule has 2 aromatic rings. The number of aromatic hydroxyl groups is 1. The van der Waals surface area contributed by atoms with Crippen LogP contribution in [0.4, 0.5) is 0 Å². The number of hydrogen-bond acceptors (Lipinski definition) is 13. The second-order valence-corrected chi connectivity index (χ2v) is 10.1. The van der Waals surface area contributed by atoms with Crippen LogP contribution in [-0.2, 0) is 15.9 Å². The zero-order valence-corrected chi connectivity index (χ0v) is 21.9. The first-order valence-corrected chi connectivity index (χ1v) is 12.8. The van der Waals surface area contributed by atoms with Crippen molar-refractivity contribution in [1.82, 2.24) is 0 Å². The summed E-state index contributed by atoms with van der Waals surface area (Å²) in [4.78, 5) is 0. The van der Waals surface area contributed by atoms with Gasteiger partial charge in [0.15, 0.2) is 11.5 Å². The molecule has 0 amide bonds. The second kappa shape index (κ2) is 12.5. The molecule has 0 spiro atoms. The number of aliphatic hydroxyl groups is 8. The third-order valence-corrected chi connectivity index (χ3v) is 7.07. The lowest BCUT2D eigenvalue weighted by atomic mass is 9.97. The number of hydrogen-bond donors (Lipinski definition) is 9. The minimum Gasteiger partial charge on any atom is -0.504 e. The fraction of sp³-hybridized carbons (Fsp3) is 0.556. The van der Waals surface area contributed by atoms with E-state index in [0.29, 0.717) is 5.39 Å². The van der Waals surface area contributed by atoms with Gasteiger partial charge in [-0.25, -0.2) is 0 Å². The van der Waals surface area contributed by atoms with Crippen LogP contribution in [0, 0.1) is 0 Å². The van der Waals surface area contributed by atoms with Crippen molar-refractivity contribution in [2.45, 2.75) is 81.7 Å². The van der Waals surface area contributed by atoms with Gasteiger partial charge in [0.25, 0.3) is 0 Å². The van der Waals surface area contributed by atoms with Crippen LogP contribution in [0.5, 0.6) is 17.2 Å². The molecule has 0 radical (unpaired) electrons. The Bertz CT molecular complexity index is 1190. The van der Waals surface area contributed by atoms with E-state index < -0.39 is 80.4 Å². The summed E-state index contributed by atoms with van der Waals surface area (Å²) in [5.41, 5.74) is 1.05. The van der Waals surface area contributed by atoms with Crippen LogP contribution in [0.3, 0.4) is 0 Å². The highest BCUT2D eigenvalue weighted by molar-refractivity contribution is 5.97. The minimum atomic E-state index is -1.73. The maximum absolute atomic E-state index is 11.5. The van der Waals surface area contributed by atoms with Gasteiger partial charge in [0.1, 0.15) is 54.6 Å². The molecule has 4 rings (SSSR count). The maximum atomic E-state index is 11.5. The van der Waals surface area contributed by atoms with E-state index in [0.717, 1.165) is 5.57 Å². The van der Waals surface area contributed by atoms with E-state index in [2.05, 4.69) is 0 Å². The summed E-state index contributed by atoms with van der Waals surface area (Å²) in [7, 11) is 0. The fourth-order valence-electron chi connectivity index (χ4n) is 4.73. The van der Waals surface area contributed by atoms with Crippen molar-refractivity contribution < 1.29 is 64.9 Å². The molecule has 40 heavy (non-hydrogen) atoms. The maximum Gasteiger partial charge on any atom is 0.229 e. The third kappa shape index (κ3) is 5.76.